The number of likely N-dealkylation sites (tertiary alicyclic amines) is 1. The van der Waals surface area contributed by atoms with Gasteiger partial charge in [-0.1, -0.05) is 23.9 Å². The van der Waals surface area contributed by atoms with Crippen LogP contribution in [0, 0.1) is 5.92 Å². The van der Waals surface area contributed by atoms with Crippen molar-refractivity contribution in [3.8, 4) is 0 Å². The van der Waals surface area contributed by atoms with Crippen molar-refractivity contribution in [3.05, 3.63) is 42.6 Å². The summed E-state index contributed by atoms with van der Waals surface area (Å²) in [7, 11) is 0. The number of fused-ring (bicyclic) bond motifs is 2. The number of anilines is 2. The lowest BCUT2D eigenvalue weighted by molar-refractivity contribution is -0.906. The fourth-order valence-electron chi connectivity index (χ4n) is 3.88. The lowest BCUT2D eigenvalue weighted by Crippen LogP contribution is -3.13. The summed E-state index contributed by atoms with van der Waals surface area (Å²) in [6, 6.07) is 11.6. The number of halogens is 1. The van der Waals surface area contributed by atoms with Crippen LogP contribution >= 0.6 is 11.8 Å². The second-order valence-electron chi connectivity index (χ2n) is 7.37. The third-order valence-corrected chi connectivity index (χ3v) is 6.57. The van der Waals surface area contributed by atoms with Crippen LogP contribution in [-0.2, 0) is 9.53 Å². The molecular formula is C21H25ClN4O3S. The monoisotopic (exact) mass is 448 g/mol. The number of piperidine rings is 1. The Labute approximate surface area is 186 Å². The number of para-hydroxylation sites is 1. The smallest absolute Gasteiger partial charge is 0.420 e. The van der Waals surface area contributed by atoms with Crippen molar-refractivity contribution in [1.29, 1.82) is 0 Å². The highest BCUT2D eigenvalue weighted by Gasteiger charge is 2.30. The van der Waals surface area contributed by atoms with E-state index in [0.29, 0.717) is 12.4 Å². The van der Waals surface area contributed by atoms with Gasteiger partial charge in [-0.3, -0.25) is 4.79 Å². The predicted octanol–water partition coefficient (Wildman–Crippen LogP) is -1.00. The molecule has 3 heterocycles. The van der Waals surface area contributed by atoms with Gasteiger partial charge in [0.2, 0.25) is 5.91 Å². The maximum Gasteiger partial charge on any atom is 0.420 e. The molecule has 0 radical (unpaired) electrons. The summed E-state index contributed by atoms with van der Waals surface area (Å²) in [5, 5.41) is 0. The number of hydrogen-bond donors (Lipinski definition) is 2. The van der Waals surface area contributed by atoms with E-state index >= 15 is 0 Å². The van der Waals surface area contributed by atoms with Gasteiger partial charge in [0.1, 0.15) is 0 Å². The number of hydrogen-bond acceptors (Lipinski definition) is 5. The molecule has 0 atom stereocenters. The molecule has 7 nitrogen and oxygen atoms in total. The summed E-state index contributed by atoms with van der Waals surface area (Å²) in [5.74, 6) is 0.438. The van der Waals surface area contributed by atoms with Gasteiger partial charge >= 0.3 is 6.09 Å². The molecule has 0 unspecified atom stereocenters. The fraction of sp³-hybridized carbons (Fsp3) is 0.381. The van der Waals surface area contributed by atoms with E-state index in [1.807, 2.05) is 36.4 Å². The molecule has 9 heteroatoms. The zero-order valence-corrected chi connectivity index (χ0v) is 18.1. The van der Waals surface area contributed by atoms with Crippen LogP contribution in [0.4, 0.5) is 16.3 Å². The second-order valence-corrected chi connectivity index (χ2v) is 8.46. The number of rotatable bonds is 5. The molecule has 1 aromatic heterocycles. The number of carbonyl (C=O) groups is 2. The molecule has 1 aromatic carbocycles. The number of nitrogens with two attached hydrogens (primary N) is 1. The van der Waals surface area contributed by atoms with Crippen molar-refractivity contribution >= 4 is 35.3 Å². The normalized spacial score (nSPS) is 19.8. The molecule has 4 rings (SSSR count). The number of ether oxygens (including phenoxy) is 1. The van der Waals surface area contributed by atoms with Crippen LogP contribution in [0.3, 0.4) is 0 Å². The molecule has 0 spiro atoms. The second kappa shape index (κ2) is 10.1. The topological polar surface area (TPSA) is 90.0 Å². The number of nitrogens with zero attached hydrogens (tertiary/aromatic N) is 2. The number of quaternary nitrogens is 1. The number of amides is 2. The lowest BCUT2D eigenvalue weighted by Gasteiger charge is -2.29. The van der Waals surface area contributed by atoms with Gasteiger partial charge in [0.15, 0.2) is 5.82 Å². The predicted molar refractivity (Wildman–Crippen MR) is 110 cm³/mol. The fourth-order valence-corrected chi connectivity index (χ4v) is 4.91. The number of nitrogens with one attached hydrogen (secondary N) is 1. The zero-order valence-electron chi connectivity index (χ0n) is 16.6. The summed E-state index contributed by atoms with van der Waals surface area (Å²) < 4.78 is 5.60. The first kappa shape index (κ1) is 22.4. The Bertz CT molecular complexity index is 860. The minimum Gasteiger partial charge on any atom is -1.00 e. The van der Waals surface area contributed by atoms with E-state index in [9.17, 15) is 9.59 Å². The Morgan fingerprint density at radius 3 is 2.67 bits per heavy atom. The molecule has 2 aromatic rings. The Morgan fingerprint density at radius 1 is 1.17 bits per heavy atom. The third-order valence-electron chi connectivity index (χ3n) is 5.47. The molecule has 3 N–H and O–H groups in total. The van der Waals surface area contributed by atoms with E-state index in [-0.39, 0.29) is 24.2 Å². The van der Waals surface area contributed by atoms with Gasteiger partial charge in [-0.2, -0.15) is 0 Å². The largest absolute Gasteiger partial charge is 1.00 e. The van der Waals surface area contributed by atoms with Crippen LogP contribution in [0.1, 0.15) is 19.3 Å². The Hall–Kier alpha value is -2.29. The minimum atomic E-state index is -0.403. The van der Waals surface area contributed by atoms with Crippen molar-refractivity contribution in [3.63, 3.8) is 0 Å². The summed E-state index contributed by atoms with van der Waals surface area (Å²) >= 11 is 1.60. The number of carbonyl (C=O) groups excluding carboxylic acids is 2. The van der Waals surface area contributed by atoms with E-state index in [1.165, 1.54) is 4.90 Å². The summed E-state index contributed by atoms with van der Waals surface area (Å²) in [6.45, 7) is 3.15. The molecule has 2 aliphatic heterocycles. The Kier molecular flexibility index (Phi) is 7.58. The number of aromatic nitrogens is 1. The molecule has 1 fully saturated rings. The molecule has 0 saturated carbocycles. The van der Waals surface area contributed by atoms with E-state index in [2.05, 4.69) is 4.98 Å². The molecular weight excluding hydrogens is 424 g/mol. The van der Waals surface area contributed by atoms with Crippen molar-refractivity contribution in [2.75, 3.05) is 31.1 Å². The number of benzene rings is 1. The van der Waals surface area contributed by atoms with Gasteiger partial charge in [0.05, 0.1) is 36.8 Å². The first-order valence-corrected chi connectivity index (χ1v) is 10.8. The van der Waals surface area contributed by atoms with Gasteiger partial charge in [0.25, 0.3) is 0 Å². The Morgan fingerprint density at radius 2 is 1.90 bits per heavy atom. The standard InChI is InChI=1S/C21H24N4O3S.ClH/c22-19(26)15-8-12-24(13-9-15)11-4-14-28-21(27)25-16-5-1-2-6-17(16)29-18-7-3-10-23-20(18)25;/h1-3,5-7,10,15H,4,8-9,11-14H2,(H2,22,26);1H. The average Bonchev–Trinajstić information content (AvgIpc) is 2.75. The molecule has 30 heavy (non-hydrogen) atoms. The van der Waals surface area contributed by atoms with Crippen LogP contribution in [0.15, 0.2) is 52.4 Å². The highest BCUT2D eigenvalue weighted by Crippen LogP contribution is 2.46. The average molecular weight is 449 g/mol. The van der Waals surface area contributed by atoms with Gasteiger partial charge < -0.3 is 27.8 Å². The molecule has 0 aliphatic carbocycles. The Balaban J connectivity index is 0.00000256. The molecule has 160 valence electrons. The first-order chi connectivity index (χ1) is 14.1. The van der Waals surface area contributed by atoms with Crippen LogP contribution < -0.4 is 27.9 Å². The quantitative estimate of drug-likeness (QED) is 0.572. The van der Waals surface area contributed by atoms with E-state index in [4.69, 9.17) is 10.5 Å². The molecule has 2 aliphatic rings. The number of pyridine rings is 1. The number of primary amides is 1. The van der Waals surface area contributed by atoms with Crippen molar-refractivity contribution in [2.45, 2.75) is 29.1 Å². The van der Waals surface area contributed by atoms with Gasteiger partial charge in [-0.15, -0.1) is 0 Å². The summed E-state index contributed by atoms with van der Waals surface area (Å²) in [5.41, 5.74) is 6.19. The van der Waals surface area contributed by atoms with E-state index in [0.717, 1.165) is 54.4 Å². The maximum atomic E-state index is 12.9. The summed E-state index contributed by atoms with van der Waals surface area (Å²) in [6.07, 6.45) is 3.75. The van der Waals surface area contributed by atoms with E-state index in [1.54, 1.807) is 22.9 Å². The van der Waals surface area contributed by atoms with Gasteiger partial charge in [0, 0.05) is 36.3 Å². The van der Waals surface area contributed by atoms with Crippen LogP contribution in [0.25, 0.3) is 0 Å². The highest BCUT2D eigenvalue weighted by atomic mass is 35.5. The molecule has 0 bridgehead atoms. The van der Waals surface area contributed by atoms with Crippen LogP contribution in [0.5, 0.6) is 0 Å². The summed E-state index contributed by atoms with van der Waals surface area (Å²) in [4.78, 5) is 33.5. The lowest BCUT2D eigenvalue weighted by atomic mass is 9.96. The van der Waals surface area contributed by atoms with Crippen LogP contribution in [-0.4, -0.2) is 43.2 Å². The van der Waals surface area contributed by atoms with Crippen molar-refractivity contribution in [2.24, 2.45) is 11.7 Å². The van der Waals surface area contributed by atoms with E-state index < -0.39 is 6.09 Å². The van der Waals surface area contributed by atoms with Crippen molar-refractivity contribution < 1.29 is 31.6 Å². The zero-order chi connectivity index (χ0) is 20.2. The molecule has 2 amide bonds. The van der Waals surface area contributed by atoms with Crippen molar-refractivity contribution in [1.82, 2.24) is 4.98 Å². The first-order valence-electron chi connectivity index (χ1n) is 9.95. The van der Waals surface area contributed by atoms with Gasteiger partial charge in [-0.05, 0) is 24.3 Å². The highest BCUT2D eigenvalue weighted by molar-refractivity contribution is 7.99. The van der Waals surface area contributed by atoms with Crippen LogP contribution in [0.2, 0.25) is 0 Å². The maximum absolute atomic E-state index is 12.9. The SMILES string of the molecule is NC(=O)C1CC[NH+](CCCOC(=O)N2c3ccccc3Sc3cccnc32)CC1.[Cl-]. The van der Waals surface area contributed by atoms with Gasteiger partial charge in [-0.25, -0.2) is 14.7 Å². The minimum absolute atomic E-state index is 0. The third kappa shape index (κ3) is 4.88. The molecule has 1 saturated heterocycles.